The molecule has 0 aliphatic heterocycles. The largest absolute Gasteiger partial charge is 1.00 e. The summed E-state index contributed by atoms with van der Waals surface area (Å²) in [4.78, 5) is 0. The predicted molar refractivity (Wildman–Crippen MR) is 138 cm³/mol. The summed E-state index contributed by atoms with van der Waals surface area (Å²) in [6, 6.07) is 15.6. The zero-order valence-electron chi connectivity index (χ0n) is 22.6. The van der Waals surface area contributed by atoms with Crippen molar-refractivity contribution in [2.24, 2.45) is 0 Å². The van der Waals surface area contributed by atoms with Gasteiger partial charge in [-0.3, -0.25) is 8.42 Å². The van der Waals surface area contributed by atoms with Gasteiger partial charge in [-0.2, -0.15) is 0 Å². The summed E-state index contributed by atoms with van der Waals surface area (Å²) in [7, 11) is -5.17. The summed E-state index contributed by atoms with van der Waals surface area (Å²) in [5, 5.41) is 2.84. The van der Waals surface area contributed by atoms with Crippen molar-refractivity contribution in [3.05, 3.63) is 48.0 Å². The van der Waals surface area contributed by atoms with Crippen LogP contribution < -0.4 is 59.1 Å². The van der Waals surface area contributed by atoms with E-state index in [2.05, 4.69) is 49.4 Å². The second-order valence-electron chi connectivity index (χ2n) is 9.10. The number of aryl methyl sites for hydroxylation is 1. The Bertz CT molecular complexity index is 830. The molecule has 0 N–H and O–H groups in total. The van der Waals surface area contributed by atoms with Crippen LogP contribution in [0.1, 0.15) is 115 Å². The van der Waals surface area contributed by atoms with Crippen molar-refractivity contribution in [3.63, 3.8) is 0 Å². The van der Waals surface area contributed by atoms with Gasteiger partial charge < -0.3 is 9.11 Å². The number of unbranched alkanes of at least 4 members (excludes halogenated alkanes) is 15. The van der Waals surface area contributed by atoms with Gasteiger partial charge in [0, 0.05) is 10.4 Å². The maximum absolute atomic E-state index is 8.52. The van der Waals surface area contributed by atoms with Crippen molar-refractivity contribution in [3.8, 4) is 0 Å². The molecule has 0 radical (unpaired) electrons. The Balaban J connectivity index is 0. The van der Waals surface area contributed by atoms with Crippen molar-refractivity contribution < 1.29 is 76.6 Å². The Labute approximate surface area is 259 Å². The first-order chi connectivity index (χ1) is 15.9. The Hall–Kier alpha value is 0.570. The molecule has 0 heterocycles. The Kier molecular flexibility index (Phi) is 26.8. The second-order valence-corrected chi connectivity index (χ2v) is 9.92. The van der Waals surface area contributed by atoms with E-state index in [1.807, 2.05) is 0 Å². The average molecular weight is 523 g/mol. The summed E-state index contributed by atoms with van der Waals surface area (Å²) in [6.07, 6.45) is 24.3. The first-order valence-corrected chi connectivity index (χ1v) is 14.4. The molecule has 7 heteroatoms. The van der Waals surface area contributed by atoms with E-state index in [0.717, 1.165) is 0 Å². The maximum Gasteiger partial charge on any atom is 1.00 e. The Morgan fingerprint density at radius 1 is 0.571 bits per heavy atom. The fourth-order valence-corrected chi connectivity index (χ4v) is 4.37. The summed E-state index contributed by atoms with van der Waals surface area (Å²) in [5.41, 5.74) is 1.53. The van der Waals surface area contributed by atoms with Gasteiger partial charge in [-0.05, 0) is 29.2 Å². The molecular formula is C28H44Na2O4S. The normalized spacial score (nSPS) is 10.7. The van der Waals surface area contributed by atoms with Crippen molar-refractivity contribution >= 4 is 21.2 Å². The van der Waals surface area contributed by atoms with Gasteiger partial charge >= 0.3 is 59.1 Å². The third-order valence-electron chi connectivity index (χ3n) is 6.18. The first kappa shape index (κ1) is 37.7. The number of benzene rings is 2. The SMILES string of the molecule is CCCCCCCCCCCCCCCCCCc1cccc2ccccc12.O=S(=O)([O-])[O-].[Na+].[Na+]. The summed E-state index contributed by atoms with van der Waals surface area (Å²) >= 11 is 0. The van der Waals surface area contributed by atoms with Crippen molar-refractivity contribution in [1.82, 2.24) is 0 Å². The van der Waals surface area contributed by atoms with Crippen molar-refractivity contribution in [1.29, 1.82) is 0 Å². The van der Waals surface area contributed by atoms with E-state index < -0.39 is 10.4 Å². The zero-order valence-corrected chi connectivity index (χ0v) is 27.4. The second kappa shape index (κ2) is 24.9. The van der Waals surface area contributed by atoms with Gasteiger partial charge in [0.1, 0.15) is 0 Å². The Morgan fingerprint density at radius 3 is 1.40 bits per heavy atom. The van der Waals surface area contributed by atoms with E-state index in [9.17, 15) is 0 Å². The van der Waals surface area contributed by atoms with Gasteiger partial charge in [-0.15, -0.1) is 0 Å². The minimum Gasteiger partial charge on any atom is -0.759 e. The molecule has 0 aromatic heterocycles. The molecule has 2 aromatic rings. The average Bonchev–Trinajstić information content (AvgIpc) is 2.78. The zero-order chi connectivity index (χ0) is 24.2. The van der Waals surface area contributed by atoms with Gasteiger partial charge in [0.15, 0.2) is 0 Å². The summed E-state index contributed by atoms with van der Waals surface area (Å²) in [5.74, 6) is 0. The van der Waals surface area contributed by atoms with Crippen molar-refractivity contribution in [2.75, 3.05) is 0 Å². The minimum absolute atomic E-state index is 0. The maximum atomic E-state index is 8.52. The van der Waals surface area contributed by atoms with Crippen LogP contribution in [0.5, 0.6) is 0 Å². The summed E-state index contributed by atoms with van der Waals surface area (Å²) in [6.45, 7) is 2.30. The molecule has 0 saturated carbocycles. The van der Waals surface area contributed by atoms with E-state index in [1.54, 1.807) is 0 Å². The van der Waals surface area contributed by atoms with Crippen molar-refractivity contribution in [2.45, 2.75) is 116 Å². The van der Waals surface area contributed by atoms with E-state index in [-0.39, 0.29) is 59.1 Å². The molecule has 2 rings (SSSR count). The van der Waals surface area contributed by atoms with Gasteiger partial charge in [0.05, 0.1) is 0 Å². The number of fused-ring (bicyclic) bond motifs is 1. The fourth-order valence-electron chi connectivity index (χ4n) is 4.37. The molecule has 35 heavy (non-hydrogen) atoms. The van der Waals surface area contributed by atoms with E-state index in [1.165, 1.54) is 125 Å². The Morgan fingerprint density at radius 2 is 0.943 bits per heavy atom. The molecule has 0 bridgehead atoms. The topological polar surface area (TPSA) is 80.3 Å². The van der Waals surface area contributed by atoms with E-state index >= 15 is 0 Å². The van der Waals surface area contributed by atoms with Gasteiger partial charge in [0.2, 0.25) is 0 Å². The quantitative estimate of drug-likeness (QED) is 0.138. The van der Waals surface area contributed by atoms with Crippen LogP contribution in [-0.2, 0) is 16.8 Å². The number of hydrogen-bond donors (Lipinski definition) is 0. The number of rotatable bonds is 17. The molecule has 2 aromatic carbocycles. The molecule has 0 atom stereocenters. The van der Waals surface area contributed by atoms with Crippen LogP contribution in [0, 0.1) is 0 Å². The van der Waals surface area contributed by atoms with Gasteiger partial charge in [-0.25, -0.2) is 0 Å². The van der Waals surface area contributed by atoms with Crippen LogP contribution in [0.25, 0.3) is 10.8 Å². The standard InChI is InChI=1S/C28H44.2Na.H2O4S/c1-2-3-4-5-6-7-8-9-10-11-12-13-14-15-16-17-21-26-23-20-24-27-22-18-19-25-28(26)27;;;1-5(2,3)4/h18-20,22-25H,2-17,21H2,1H3;;;(H2,1,2,3,4)/q;2*+1;/p-2. The van der Waals surface area contributed by atoms with Crippen LogP contribution in [-0.4, -0.2) is 17.5 Å². The van der Waals surface area contributed by atoms with Gasteiger partial charge in [0.25, 0.3) is 0 Å². The van der Waals surface area contributed by atoms with Crippen LogP contribution in [0.2, 0.25) is 0 Å². The van der Waals surface area contributed by atoms with Crippen LogP contribution in [0.4, 0.5) is 0 Å². The molecule has 188 valence electrons. The minimum atomic E-state index is -5.17. The van der Waals surface area contributed by atoms with Gasteiger partial charge in [-0.1, -0.05) is 146 Å². The fraction of sp³-hybridized carbons (Fsp3) is 0.643. The predicted octanol–water partition coefficient (Wildman–Crippen LogP) is 2.31. The molecular weight excluding hydrogens is 478 g/mol. The van der Waals surface area contributed by atoms with Crippen LogP contribution in [0.3, 0.4) is 0 Å². The molecule has 4 nitrogen and oxygen atoms in total. The third-order valence-corrected chi connectivity index (χ3v) is 6.18. The number of hydrogen-bond acceptors (Lipinski definition) is 4. The molecule has 0 amide bonds. The van der Waals surface area contributed by atoms with E-state index in [0.29, 0.717) is 0 Å². The monoisotopic (exact) mass is 522 g/mol. The molecule has 0 aliphatic rings. The van der Waals surface area contributed by atoms with Crippen LogP contribution in [0.15, 0.2) is 42.5 Å². The molecule has 0 fully saturated rings. The van der Waals surface area contributed by atoms with E-state index in [4.69, 9.17) is 17.5 Å². The molecule has 0 aliphatic carbocycles. The third kappa shape index (κ3) is 23.4. The smallest absolute Gasteiger partial charge is 0.759 e. The molecule has 0 spiro atoms. The summed E-state index contributed by atoms with van der Waals surface area (Å²) < 4.78 is 34.1. The molecule has 0 unspecified atom stereocenters. The first-order valence-electron chi connectivity index (χ1n) is 13.0. The van der Waals surface area contributed by atoms with Crippen LogP contribution >= 0.6 is 0 Å². The molecule has 0 saturated heterocycles.